The summed E-state index contributed by atoms with van der Waals surface area (Å²) >= 11 is 0. The highest BCUT2D eigenvalue weighted by atomic mass is 16.5. The van der Waals surface area contributed by atoms with E-state index in [0.29, 0.717) is 19.5 Å². The minimum Gasteiger partial charge on any atom is -0.496 e. The Morgan fingerprint density at radius 1 is 1.33 bits per heavy atom. The molecule has 1 N–H and O–H groups in total. The van der Waals surface area contributed by atoms with Gasteiger partial charge in [-0.2, -0.15) is 5.10 Å². The van der Waals surface area contributed by atoms with Crippen LogP contribution in [0.5, 0.6) is 5.75 Å². The molecule has 1 aliphatic rings. The van der Waals surface area contributed by atoms with Crippen molar-refractivity contribution in [2.75, 3.05) is 25.5 Å². The first-order chi connectivity index (χ1) is 12.9. The van der Waals surface area contributed by atoms with Crippen molar-refractivity contribution < 1.29 is 14.3 Å². The average Bonchev–Trinajstić information content (AvgIpc) is 3.14. The van der Waals surface area contributed by atoms with Crippen molar-refractivity contribution in [3.63, 3.8) is 0 Å². The molecule has 1 saturated heterocycles. The Bertz CT molecular complexity index is 859. The van der Waals surface area contributed by atoms with Gasteiger partial charge in [0.05, 0.1) is 30.1 Å². The summed E-state index contributed by atoms with van der Waals surface area (Å²) in [6.07, 6.45) is 0.945. The zero-order valence-corrected chi connectivity index (χ0v) is 16.3. The molecule has 0 radical (unpaired) electrons. The number of hydrogen-bond acceptors (Lipinski definition) is 4. The molecule has 7 heteroatoms. The number of aryl methyl sites for hydroxylation is 2. The Kier molecular flexibility index (Phi) is 5.48. The molecule has 0 unspecified atom stereocenters. The van der Waals surface area contributed by atoms with Crippen molar-refractivity contribution >= 4 is 17.5 Å². The second-order valence-corrected chi connectivity index (χ2v) is 6.96. The molecular formula is C20H26N4O3. The van der Waals surface area contributed by atoms with Gasteiger partial charge in [0.2, 0.25) is 11.8 Å². The van der Waals surface area contributed by atoms with Gasteiger partial charge in [0.25, 0.3) is 0 Å². The molecule has 2 heterocycles. The van der Waals surface area contributed by atoms with E-state index in [9.17, 15) is 9.59 Å². The van der Waals surface area contributed by atoms with Gasteiger partial charge in [0, 0.05) is 26.6 Å². The first-order valence-electron chi connectivity index (χ1n) is 9.11. The van der Waals surface area contributed by atoms with Gasteiger partial charge < -0.3 is 15.0 Å². The van der Waals surface area contributed by atoms with Crippen LogP contribution in [0.4, 0.5) is 5.69 Å². The molecule has 2 aromatic rings. The maximum atomic E-state index is 12.6. The summed E-state index contributed by atoms with van der Waals surface area (Å²) in [5.41, 5.74) is 3.48. The molecular weight excluding hydrogens is 344 g/mol. The molecule has 1 aliphatic heterocycles. The summed E-state index contributed by atoms with van der Waals surface area (Å²) in [5.74, 6) is 0.377. The van der Waals surface area contributed by atoms with Gasteiger partial charge in [-0.1, -0.05) is 18.2 Å². The predicted molar refractivity (Wildman–Crippen MR) is 103 cm³/mol. The number of methoxy groups -OCH3 is 1. The summed E-state index contributed by atoms with van der Waals surface area (Å²) < 4.78 is 7.10. The number of rotatable bonds is 6. The van der Waals surface area contributed by atoms with Gasteiger partial charge in [-0.25, -0.2) is 0 Å². The molecule has 0 bridgehead atoms. The SMILES string of the molecule is COc1ccccc1CCN1C[C@H](C(=O)Nc2c(C)nn(C)c2C)CC1=O. The second-order valence-electron chi connectivity index (χ2n) is 6.96. The van der Waals surface area contributed by atoms with Gasteiger partial charge in [-0.05, 0) is 31.9 Å². The first kappa shape index (κ1) is 18.9. The van der Waals surface area contributed by atoms with E-state index in [1.807, 2.05) is 45.2 Å². The third-order valence-electron chi connectivity index (χ3n) is 5.19. The number of ether oxygens (including phenoxy) is 1. The molecule has 0 aliphatic carbocycles. The van der Waals surface area contributed by atoms with E-state index in [2.05, 4.69) is 10.4 Å². The average molecular weight is 370 g/mol. The number of para-hydroxylation sites is 1. The number of benzene rings is 1. The number of carbonyl (C=O) groups excluding carboxylic acids is 2. The summed E-state index contributed by atoms with van der Waals surface area (Å²) in [6.45, 7) is 4.79. The monoisotopic (exact) mass is 370 g/mol. The topological polar surface area (TPSA) is 76.5 Å². The Morgan fingerprint density at radius 3 is 2.74 bits per heavy atom. The maximum Gasteiger partial charge on any atom is 0.229 e. The highest BCUT2D eigenvalue weighted by molar-refractivity contribution is 5.97. The number of nitrogens with one attached hydrogen (secondary N) is 1. The van der Waals surface area contributed by atoms with Crippen molar-refractivity contribution in [2.24, 2.45) is 13.0 Å². The molecule has 27 heavy (non-hydrogen) atoms. The zero-order chi connectivity index (χ0) is 19.6. The molecule has 1 atom stereocenters. The van der Waals surface area contributed by atoms with E-state index in [4.69, 9.17) is 4.74 Å². The van der Waals surface area contributed by atoms with Crippen LogP contribution in [0.1, 0.15) is 23.4 Å². The highest BCUT2D eigenvalue weighted by Crippen LogP contribution is 2.24. The van der Waals surface area contributed by atoms with E-state index >= 15 is 0 Å². The largest absolute Gasteiger partial charge is 0.496 e. The van der Waals surface area contributed by atoms with Gasteiger partial charge in [0.15, 0.2) is 0 Å². The van der Waals surface area contributed by atoms with Crippen LogP contribution in [0, 0.1) is 19.8 Å². The molecule has 1 fully saturated rings. The third-order valence-corrected chi connectivity index (χ3v) is 5.19. The molecule has 3 rings (SSSR count). The molecule has 2 amide bonds. The number of carbonyl (C=O) groups is 2. The van der Waals surface area contributed by atoms with Crippen molar-refractivity contribution in [2.45, 2.75) is 26.7 Å². The smallest absolute Gasteiger partial charge is 0.229 e. The summed E-state index contributed by atoms with van der Waals surface area (Å²) in [7, 11) is 3.49. The number of hydrogen-bond donors (Lipinski definition) is 1. The maximum absolute atomic E-state index is 12.6. The summed E-state index contributed by atoms with van der Waals surface area (Å²) in [4.78, 5) is 26.8. The molecule has 0 spiro atoms. The lowest BCUT2D eigenvalue weighted by atomic mass is 10.1. The van der Waals surface area contributed by atoms with Crippen molar-refractivity contribution in [1.82, 2.24) is 14.7 Å². The predicted octanol–water partition coefficient (Wildman–Crippen LogP) is 2.08. The number of aromatic nitrogens is 2. The minimum absolute atomic E-state index is 0.0182. The van der Waals surface area contributed by atoms with E-state index in [-0.39, 0.29) is 24.2 Å². The lowest BCUT2D eigenvalue weighted by Crippen LogP contribution is -2.30. The molecule has 1 aromatic carbocycles. The fourth-order valence-electron chi connectivity index (χ4n) is 3.51. The van der Waals surface area contributed by atoms with Crippen LogP contribution in [0.3, 0.4) is 0 Å². The van der Waals surface area contributed by atoms with Gasteiger partial charge in [-0.3, -0.25) is 14.3 Å². The normalized spacial score (nSPS) is 16.7. The Labute approximate surface area is 159 Å². The summed E-state index contributed by atoms with van der Waals surface area (Å²) in [6, 6.07) is 7.79. The lowest BCUT2D eigenvalue weighted by molar-refractivity contribution is -0.128. The van der Waals surface area contributed by atoms with Crippen LogP contribution < -0.4 is 10.1 Å². The van der Waals surface area contributed by atoms with E-state index in [1.54, 1.807) is 16.7 Å². The number of anilines is 1. The Hall–Kier alpha value is -2.83. The third kappa shape index (κ3) is 3.97. The van der Waals surface area contributed by atoms with Crippen molar-refractivity contribution in [3.8, 4) is 5.75 Å². The molecule has 144 valence electrons. The zero-order valence-electron chi connectivity index (χ0n) is 16.3. The fraction of sp³-hybridized carbons (Fsp3) is 0.450. The fourth-order valence-corrected chi connectivity index (χ4v) is 3.51. The second kappa shape index (κ2) is 7.82. The van der Waals surface area contributed by atoms with E-state index in [0.717, 1.165) is 28.4 Å². The quantitative estimate of drug-likeness (QED) is 0.845. The van der Waals surface area contributed by atoms with Crippen LogP contribution >= 0.6 is 0 Å². The highest BCUT2D eigenvalue weighted by Gasteiger charge is 2.34. The molecule has 1 aromatic heterocycles. The Morgan fingerprint density at radius 2 is 2.07 bits per heavy atom. The van der Waals surface area contributed by atoms with Crippen molar-refractivity contribution in [3.05, 3.63) is 41.2 Å². The van der Waals surface area contributed by atoms with Crippen LogP contribution in [-0.4, -0.2) is 46.7 Å². The Balaban J connectivity index is 1.60. The van der Waals surface area contributed by atoms with Gasteiger partial charge in [0.1, 0.15) is 5.75 Å². The number of amides is 2. The lowest BCUT2D eigenvalue weighted by Gasteiger charge is -2.17. The molecule has 7 nitrogen and oxygen atoms in total. The van der Waals surface area contributed by atoms with Gasteiger partial charge >= 0.3 is 0 Å². The molecule has 0 saturated carbocycles. The summed E-state index contributed by atoms with van der Waals surface area (Å²) in [5, 5.41) is 7.27. The van der Waals surface area contributed by atoms with Crippen LogP contribution in [0.2, 0.25) is 0 Å². The van der Waals surface area contributed by atoms with E-state index in [1.165, 1.54) is 0 Å². The standard InChI is InChI=1S/C20H26N4O3/c1-13-19(14(2)23(3)22-13)21-20(26)16-11-18(25)24(12-16)10-9-15-7-5-6-8-17(15)27-4/h5-8,16H,9-12H2,1-4H3,(H,21,26)/t16-/m1/s1. The number of likely N-dealkylation sites (tertiary alicyclic amines) is 1. The van der Waals surface area contributed by atoms with Gasteiger partial charge in [-0.15, -0.1) is 0 Å². The van der Waals surface area contributed by atoms with Crippen LogP contribution in [-0.2, 0) is 23.1 Å². The van der Waals surface area contributed by atoms with E-state index < -0.39 is 0 Å². The van der Waals surface area contributed by atoms with Crippen LogP contribution in [0.15, 0.2) is 24.3 Å². The van der Waals surface area contributed by atoms with Crippen LogP contribution in [0.25, 0.3) is 0 Å². The minimum atomic E-state index is -0.339. The van der Waals surface area contributed by atoms with Crippen molar-refractivity contribution in [1.29, 1.82) is 0 Å². The number of nitrogens with zero attached hydrogens (tertiary/aromatic N) is 3. The first-order valence-corrected chi connectivity index (χ1v) is 9.11.